The second-order valence-corrected chi connectivity index (χ2v) is 4.06. The summed E-state index contributed by atoms with van der Waals surface area (Å²) in [5.74, 6) is 0. The van der Waals surface area contributed by atoms with E-state index >= 15 is 0 Å². The summed E-state index contributed by atoms with van der Waals surface area (Å²) in [4.78, 5) is 10.6. The fraction of sp³-hybridized carbons (Fsp3) is 0.143. The zero-order chi connectivity index (χ0) is 9.84. The topological polar surface area (TPSA) is 58.5 Å². The molecule has 0 amide bonds. The van der Waals surface area contributed by atoms with Gasteiger partial charge in [0.25, 0.3) is 0 Å². The Kier molecular flexibility index (Phi) is 3.53. The predicted molar refractivity (Wildman–Crippen MR) is 52.4 cm³/mol. The Hall–Kier alpha value is -0.780. The SMILES string of the molecule is CNS(=O)c1cc(Cl)cc(N=O)c1. The van der Waals surface area contributed by atoms with Gasteiger partial charge in [-0.3, -0.25) is 0 Å². The summed E-state index contributed by atoms with van der Waals surface area (Å²) in [7, 11) is 0.201. The van der Waals surface area contributed by atoms with Crippen molar-refractivity contribution in [2.24, 2.45) is 5.18 Å². The molecule has 0 fully saturated rings. The fourth-order valence-electron chi connectivity index (χ4n) is 0.826. The summed E-state index contributed by atoms with van der Waals surface area (Å²) in [6.45, 7) is 0. The Labute approximate surface area is 82.9 Å². The molecule has 13 heavy (non-hydrogen) atoms. The Balaban J connectivity index is 3.15. The fourth-order valence-corrected chi connectivity index (χ4v) is 1.82. The average molecular weight is 219 g/mol. The van der Waals surface area contributed by atoms with Crippen LogP contribution in [0.1, 0.15) is 0 Å². The molecule has 6 heteroatoms. The minimum atomic E-state index is -1.35. The van der Waals surface area contributed by atoms with E-state index in [2.05, 4.69) is 9.90 Å². The van der Waals surface area contributed by atoms with Crippen molar-refractivity contribution in [3.8, 4) is 0 Å². The number of hydrogen-bond acceptors (Lipinski definition) is 3. The second kappa shape index (κ2) is 4.45. The minimum absolute atomic E-state index is 0.172. The zero-order valence-corrected chi connectivity index (χ0v) is 8.35. The molecule has 0 aliphatic rings. The number of nitrogens with zero attached hydrogens (tertiary/aromatic N) is 1. The van der Waals surface area contributed by atoms with E-state index in [1.165, 1.54) is 18.2 Å². The van der Waals surface area contributed by atoms with Crippen LogP contribution in [0.25, 0.3) is 0 Å². The molecule has 1 aromatic carbocycles. The van der Waals surface area contributed by atoms with Crippen molar-refractivity contribution in [2.75, 3.05) is 7.05 Å². The van der Waals surface area contributed by atoms with Crippen molar-refractivity contribution >= 4 is 28.3 Å². The van der Waals surface area contributed by atoms with Gasteiger partial charge in [-0.2, -0.15) is 0 Å². The van der Waals surface area contributed by atoms with E-state index in [9.17, 15) is 9.12 Å². The van der Waals surface area contributed by atoms with E-state index in [0.717, 1.165) is 0 Å². The molecule has 1 N–H and O–H groups in total. The van der Waals surface area contributed by atoms with Crippen molar-refractivity contribution < 1.29 is 4.21 Å². The smallest absolute Gasteiger partial charge is 0.124 e. The molecule has 0 heterocycles. The summed E-state index contributed by atoms with van der Waals surface area (Å²) >= 11 is 5.67. The highest BCUT2D eigenvalue weighted by molar-refractivity contribution is 7.83. The van der Waals surface area contributed by atoms with Crippen LogP contribution in [0.15, 0.2) is 28.3 Å². The largest absolute Gasteiger partial charge is 0.238 e. The Morgan fingerprint density at radius 2 is 2.15 bits per heavy atom. The average Bonchev–Trinajstić information content (AvgIpc) is 2.15. The molecule has 1 aromatic rings. The lowest BCUT2D eigenvalue weighted by atomic mass is 10.3. The maximum Gasteiger partial charge on any atom is 0.124 e. The van der Waals surface area contributed by atoms with E-state index < -0.39 is 11.0 Å². The first-order valence-corrected chi connectivity index (χ1v) is 4.93. The van der Waals surface area contributed by atoms with Crippen LogP contribution in [0.2, 0.25) is 5.02 Å². The molecule has 0 aliphatic heterocycles. The minimum Gasteiger partial charge on any atom is -0.238 e. The molecule has 0 aliphatic carbocycles. The van der Waals surface area contributed by atoms with Gasteiger partial charge in [0.15, 0.2) is 0 Å². The van der Waals surface area contributed by atoms with Crippen LogP contribution in [-0.4, -0.2) is 11.3 Å². The van der Waals surface area contributed by atoms with Crippen molar-refractivity contribution in [3.63, 3.8) is 0 Å². The van der Waals surface area contributed by atoms with Crippen molar-refractivity contribution in [1.29, 1.82) is 0 Å². The molecule has 1 unspecified atom stereocenters. The van der Waals surface area contributed by atoms with E-state index in [0.29, 0.717) is 9.92 Å². The zero-order valence-electron chi connectivity index (χ0n) is 6.78. The molecule has 0 spiro atoms. The van der Waals surface area contributed by atoms with Crippen LogP contribution < -0.4 is 4.72 Å². The number of hydrogen-bond donors (Lipinski definition) is 1. The summed E-state index contributed by atoms with van der Waals surface area (Å²) < 4.78 is 13.8. The molecule has 4 nitrogen and oxygen atoms in total. The number of nitroso groups, excluding NO2 is 1. The quantitative estimate of drug-likeness (QED) is 0.789. The maximum atomic E-state index is 11.2. The molecule has 0 aromatic heterocycles. The molecule has 1 atom stereocenters. The third-order valence-corrected chi connectivity index (χ3v) is 2.61. The number of nitrogens with one attached hydrogen (secondary N) is 1. The monoisotopic (exact) mass is 218 g/mol. The highest BCUT2D eigenvalue weighted by Gasteiger charge is 2.04. The first-order valence-electron chi connectivity index (χ1n) is 3.40. The Morgan fingerprint density at radius 3 is 2.69 bits per heavy atom. The number of rotatable bonds is 3. The molecular formula is C7H7ClN2O2S. The van der Waals surface area contributed by atoms with E-state index in [1.807, 2.05) is 0 Å². The van der Waals surface area contributed by atoms with Crippen LogP contribution in [0, 0.1) is 4.91 Å². The Bertz CT molecular complexity index is 356. The summed E-state index contributed by atoms with van der Waals surface area (Å²) in [5, 5.41) is 3.06. The van der Waals surface area contributed by atoms with Crippen LogP contribution in [0.3, 0.4) is 0 Å². The number of halogens is 1. The van der Waals surface area contributed by atoms with Gasteiger partial charge in [0.1, 0.15) is 16.7 Å². The van der Waals surface area contributed by atoms with Gasteiger partial charge in [0.05, 0.1) is 4.90 Å². The molecule has 1 rings (SSSR count). The molecule has 0 radical (unpaired) electrons. The third kappa shape index (κ3) is 2.58. The van der Waals surface area contributed by atoms with Crippen LogP contribution in [0.5, 0.6) is 0 Å². The Morgan fingerprint density at radius 1 is 1.46 bits per heavy atom. The van der Waals surface area contributed by atoms with E-state index in [4.69, 9.17) is 11.6 Å². The molecule has 0 bridgehead atoms. The lowest BCUT2D eigenvalue weighted by Gasteiger charge is -2.00. The van der Waals surface area contributed by atoms with Gasteiger partial charge >= 0.3 is 0 Å². The molecule has 0 saturated carbocycles. The first kappa shape index (κ1) is 10.3. The first-order chi connectivity index (χ1) is 6.17. The number of benzene rings is 1. The highest BCUT2D eigenvalue weighted by Crippen LogP contribution is 2.22. The highest BCUT2D eigenvalue weighted by atomic mass is 35.5. The van der Waals surface area contributed by atoms with Crippen LogP contribution >= 0.6 is 11.6 Å². The molecule has 70 valence electrons. The lowest BCUT2D eigenvalue weighted by molar-refractivity contribution is 0.678. The summed E-state index contributed by atoms with van der Waals surface area (Å²) in [6, 6.07) is 4.35. The van der Waals surface area contributed by atoms with E-state index in [-0.39, 0.29) is 5.69 Å². The van der Waals surface area contributed by atoms with Gasteiger partial charge in [-0.05, 0) is 30.4 Å². The van der Waals surface area contributed by atoms with E-state index in [1.54, 1.807) is 7.05 Å². The van der Waals surface area contributed by atoms with Crippen molar-refractivity contribution in [1.82, 2.24) is 4.72 Å². The van der Waals surface area contributed by atoms with Gasteiger partial charge in [0, 0.05) is 5.02 Å². The standard InChI is InChI=1S/C7H7ClN2O2S/c1-9-13(12)7-3-5(8)2-6(4-7)10-11/h2-4,9H,1H3. The van der Waals surface area contributed by atoms with Gasteiger partial charge in [0.2, 0.25) is 0 Å². The van der Waals surface area contributed by atoms with Crippen molar-refractivity contribution in [3.05, 3.63) is 28.1 Å². The lowest BCUT2D eigenvalue weighted by Crippen LogP contribution is -2.10. The maximum absolute atomic E-state index is 11.2. The van der Waals surface area contributed by atoms with Gasteiger partial charge < -0.3 is 0 Å². The normalized spacial score (nSPS) is 12.5. The molecular weight excluding hydrogens is 212 g/mol. The predicted octanol–water partition coefficient (Wildman–Crippen LogP) is 1.98. The van der Waals surface area contributed by atoms with Gasteiger partial charge in [-0.1, -0.05) is 11.6 Å². The van der Waals surface area contributed by atoms with Crippen LogP contribution in [0.4, 0.5) is 5.69 Å². The summed E-state index contributed by atoms with van der Waals surface area (Å²) in [5.41, 5.74) is 0.172. The third-order valence-electron chi connectivity index (χ3n) is 1.36. The summed E-state index contributed by atoms with van der Waals surface area (Å²) in [6.07, 6.45) is 0. The molecule has 0 saturated heterocycles. The second-order valence-electron chi connectivity index (χ2n) is 2.21. The van der Waals surface area contributed by atoms with Gasteiger partial charge in [-0.25, -0.2) is 8.93 Å². The van der Waals surface area contributed by atoms with Crippen molar-refractivity contribution in [2.45, 2.75) is 4.90 Å². The van der Waals surface area contributed by atoms with Gasteiger partial charge in [-0.15, -0.1) is 4.91 Å². The van der Waals surface area contributed by atoms with Crippen LogP contribution in [-0.2, 0) is 11.0 Å².